The zero-order valence-electron chi connectivity index (χ0n) is 16.1. The average Bonchev–Trinajstić information content (AvgIpc) is 3.25. The van der Waals surface area contributed by atoms with Crippen LogP contribution in [-0.2, 0) is 45.5 Å². The summed E-state index contributed by atoms with van der Waals surface area (Å²) in [6, 6.07) is 23.1. The van der Waals surface area contributed by atoms with Gasteiger partial charge in [0.25, 0.3) is 0 Å². The molecule has 0 heterocycles. The monoisotopic (exact) mass is 483 g/mol. The third-order valence-electron chi connectivity index (χ3n) is 5.80. The Morgan fingerprint density at radius 2 is 1.54 bits per heavy atom. The number of unbranched alkanes of at least 4 members (excludes halogenated alkanes) is 1. The second-order valence-corrected chi connectivity index (χ2v) is 7.39. The molecule has 3 heteroatoms. The second kappa shape index (κ2) is 9.66. The normalized spacial score (nSPS) is 11.8. The van der Waals surface area contributed by atoms with Gasteiger partial charge in [-0.3, -0.25) is 0 Å². The fourth-order valence-electron chi connectivity index (χ4n) is 4.54. The number of rotatable bonds is 4. The van der Waals surface area contributed by atoms with Crippen LogP contribution in [0.2, 0.25) is 0 Å². The molecule has 0 spiro atoms. The largest absolute Gasteiger partial charge is 3.00 e. The molecule has 141 valence electrons. The maximum atomic E-state index is 2.42. The van der Waals surface area contributed by atoms with E-state index in [1.165, 1.54) is 81.5 Å². The Labute approximate surface area is 199 Å². The van der Waals surface area contributed by atoms with Gasteiger partial charge in [-0.15, -0.1) is 34.5 Å². The predicted molar refractivity (Wildman–Crippen MR) is 109 cm³/mol. The van der Waals surface area contributed by atoms with Crippen LogP contribution in [0.25, 0.3) is 32.7 Å². The molecule has 1 aliphatic rings. The van der Waals surface area contributed by atoms with Gasteiger partial charge in [0.1, 0.15) is 0 Å². The molecule has 0 nitrogen and oxygen atoms in total. The molecule has 0 fully saturated rings. The van der Waals surface area contributed by atoms with E-state index in [1.54, 1.807) is 0 Å². The molecular weight excluding hydrogens is 462 g/mol. The summed E-state index contributed by atoms with van der Waals surface area (Å²) in [5.41, 5.74) is 7.30. The Morgan fingerprint density at radius 1 is 0.821 bits per heavy atom. The van der Waals surface area contributed by atoms with Crippen molar-refractivity contribution in [2.24, 2.45) is 0 Å². The van der Waals surface area contributed by atoms with Crippen LogP contribution in [-0.4, -0.2) is 0 Å². The van der Waals surface area contributed by atoms with E-state index < -0.39 is 0 Å². The summed E-state index contributed by atoms with van der Waals surface area (Å²) in [6.45, 7) is 2.26. The molecule has 1 aliphatic carbocycles. The molecule has 4 aromatic carbocycles. The van der Waals surface area contributed by atoms with E-state index in [1.807, 2.05) is 0 Å². The number of aryl methyl sites for hydroxylation is 3. The van der Waals surface area contributed by atoms with Crippen molar-refractivity contribution in [3.8, 4) is 11.1 Å². The zero-order valence-corrected chi connectivity index (χ0v) is 20.0. The molecule has 0 unspecified atom stereocenters. The predicted octanol–water partition coefficient (Wildman–Crippen LogP) is 0.826. The Morgan fingerprint density at radius 3 is 2.32 bits per heavy atom. The van der Waals surface area contributed by atoms with Gasteiger partial charge in [0.05, 0.1) is 0 Å². The molecule has 0 N–H and O–H groups in total. The molecule has 28 heavy (non-hydrogen) atoms. The molecule has 0 amide bonds. The Hall–Kier alpha value is -1.01. The molecular formula is C25H23Cl2Zr. The first-order valence-electron chi connectivity index (χ1n) is 9.57. The van der Waals surface area contributed by atoms with E-state index in [0.717, 1.165) is 0 Å². The number of halogens is 2. The minimum Gasteiger partial charge on any atom is -1.00 e. The third-order valence-corrected chi connectivity index (χ3v) is 5.80. The molecule has 4 aromatic rings. The SMILES string of the molecule is CCCCc1cc2c(-c3ccc4c5c(cccc35)CC4)cccc2[cH-]1.[Cl-].[Cl-].[Zr+3]. The summed E-state index contributed by atoms with van der Waals surface area (Å²) in [7, 11) is 0. The molecule has 1 radical (unpaired) electrons. The minimum absolute atomic E-state index is 0. The van der Waals surface area contributed by atoms with Crippen LogP contribution in [0.15, 0.2) is 60.7 Å². The van der Waals surface area contributed by atoms with Crippen LogP contribution in [0.1, 0.15) is 36.5 Å². The Kier molecular flexibility index (Phi) is 8.03. The van der Waals surface area contributed by atoms with Gasteiger partial charge in [-0.2, -0.15) is 6.07 Å². The number of benzene rings is 3. The van der Waals surface area contributed by atoms with Crippen LogP contribution >= 0.6 is 0 Å². The van der Waals surface area contributed by atoms with Crippen molar-refractivity contribution >= 4 is 21.5 Å². The van der Waals surface area contributed by atoms with Crippen LogP contribution in [0.5, 0.6) is 0 Å². The van der Waals surface area contributed by atoms with E-state index in [9.17, 15) is 0 Å². The maximum absolute atomic E-state index is 2.42. The molecule has 0 saturated carbocycles. The van der Waals surface area contributed by atoms with Crippen molar-refractivity contribution < 1.29 is 51.0 Å². The van der Waals surface area contributed by atoms with Crippen molar-refractivity contribution in [3.63, 3.8) is 0 Å². The van der Waals surface area contributed by atoms with Gasteiger partial charge in [-0.05, 0) is 46.7 Å². The fourth-order valence-corrected chi connectivity index (χ4v) is 4.54. The van der Waals surface area contributed by atoms with Crippen LogP contribution in [0.4, 0.5) is 0 Å². The average molecular weight is 486 g/mol. The van der Waals surface area contributed by atoms with Crippen molar-refractivity contribution in [1.29, 1.82) is 0 Å². The summed E-state index contributed by atoms with van der Waals surface area (Å²) in [6.07, 6.45) is 6.10. The topological polar surface area (TPSA) is 0 Å². The van der Waals surface area contributed by atoms with Gasteiger partial charge in [-0.1, -0.05) is 61.7 Å². The maximum Gasteiger partial charge on any atom is 3.00 e. The molecule has 5 rings (SSSR count). The van der Waals surface area contributed by atoms with E-state index in [-0.39, 0.29) is 51.0 Å². The molecule has 0 atom stereocenters. The first kappa shape index (κ1) is 23.3. The quantitative estimate of drug-likeness (QED) is 0.376. The van der Waals surface area contributed by atoms with Crippen molar-refractivity contribution in [1.82, 2.24) is 0 Å². The van der Waals surface area contributed by atoms with Crippen molar-refractivity contribution in [2.45, 2.75) is 39.0 Å². The standard InChI is InChI=1S/C25H23.2ClH.Zr/c1-2-3-6-17-15-20-8-5-9-21(24(20)16-17)22-14-13-19-12-11-18-7-4-10-23(22)25(18)19;;;/h4-5,7-10,13-16H,2-3,6,11-12H2,1H3;2*1H;/q-1;;;+3/p-2. The van der Waals surface area contributed by atoms with Crippen molar-refractivity contribution in [2.75, 3.05) is 0 Å². The molecule has 0 aromatic heterocycles. The van der Waals surface area contributed by atoms with Gasteiger partial charge in [-0.25, -0.2) is 0 Å². The van der Waals surface area contributed by atoms with Crippen molar-refractivity contribution in [3.05, 3.63) is 77.4 Å². The summed E-state index contributed by atoms with van der Waals surface area (Å²) in [5.74, 6) is 0. The first-order valence-corrected chi connectivity index (χ1v) is 9.57. The van der Waals surface area contributed by atoms with E-state index >= 15 is 0 Å². The third kappa shape index (κ3) is 3.87. The first-order chi connectivity index (χ1) is 12.3. The van der Waals surface area contributed by atoms with Crippen LogP contribution < -0.4 is 24.8 Å². The molecule has 0 saturated heterocycles. The Bertz CT molecular complexity index is 1080. The summed E-state index contributed by atoms with van der Waals surface area (Å²) in [4.78, 5) is 0. The van der Waals surface area contributed by atoms with Gasteiger partial charge in [0.15, 0.2) is 0 Å². The fraction of sp³-hybridized carbons (Fsp3) is 0.240. The minimum atomic E-state index is 0. The molecule has 0 bridgehead atoms. The van der Waals surface area contributed by atoms with Crippen LogP contribution in [0.3, 0.4) is 0 Å². The smallest absolute Gasteiger partial charge is 1.00 e. The van der Waals surface area contributed by atoms with E-state index in [4.69, 9.17) is 0 Å². The Balaban J connectivity index is 0.000000934. The van der Waals surface area contributed by atoms with Gasteiger partial charge in [0, 0.05) is 0 Å². The zero-order chi connectivity index (χ0) is 16.8. The summed E-state index contributed by atoms with van der Waals surface area (Å²) >= 11 is 0. The van der Waals surface area contributed by atoms with Gasteiger partial charge in [0.2, 0.25) is 0 Å². The number of hydrogen-bond donors (Lipinski definition) is 0. The van der Waals surface area contributed by atoms with E-state index in [0.29, 0.717) is 0 Å². The second-order valence-electron chi connectivity index (χ2n) is 7.39. The van der Waals surface area contributed by atoms with Gasteiger partial charge >= 0.3 is 26.2 Å². The van der Waals surface area contributed by atoms with Crippen LogP contribution in [0, 0.1) is 0 Å². The number of hydrogen-bond acceptors (Lipinski definition) is 0. The summed E-state index contributed by atoms with van der Waals surface area (Å²) < 4.78 is 0. The molecule has 0 aliphatic heterocycles. The number of fused-ring (bicyclic) bond motifs is 1. The van der Waals surface area contributed by atoms with E-state index in [2.05, 4.69) is 67.6 Å². The summed E-state index contributed by atoms with van der Waals surface area (Å²) in [5, 5.41) is 5.73. The van der Waals surface area contributed by atoms with Gasteiger partial charge < -0.3 is 24.8 Å².